The van der Waals surface area contributed by atoms with Crippen LogP contribution in [0.15, 0.2) is 48.5 Å². The predicted molar refractivity (Wildman–Crippen MR) is 84.9 cm³/mol. The van der Waals surface area contributed by atoms with E-state index in [2.05, 4.69) is 5.32 Å². The molecule has 3 nitrogen and oxygen atoms in total. The van der Waals surface area contributed by atoms with E-state index in [9.17, 15) is 13.6 Å². The Hall–Kier alpha value is -2.43. The quantitative estimate of drug-likeness (QED) is 0.883. The summed E-state index contributed by atoms with van der Waals surface area (Å²) in [5, 5.41) is 3.07. The maximum Gasteiger partial charge on any atom is 0.242 e. The third-order valence-electron chi connectivity index (χ3n) is 3.88. The summed E-state index contributed by atoms with van der Waals surface area (Å²) in [6.45, 7) is 0.329. The molecule has 5 heteroatoms. The highest BCUT2D eigenvalue weighted by atomic mass is 19.1. The molecule has 0 heterocycles. The standard InChI is InChI=1S/C18H18F2N2O/c19-14-7-6-13(17(20)10-14)12-22(16-8-9-16)18(23)11-21-15-4-2-1-3-5-15/h1-7,10,16,21H,8-9,11-12H2. The highest BCUT2D eigenvalue weighted by Crippen LogP contribution is 2.29. The average molecular weight is 316 g/mol. The van der Waals surface area contributed by atoms with Crippen LogP contribution < -0.4 is 5.32 Å². The Kier molecular flexibility index (Phi) is 4.55. The van der Waals surface area contributed by atoms with Gasteiger partial charge in [0.1, 0.15) is 11.6 Å². The van der Waals surface area contributed by atoms with Gasteiger partial charge in [-0.25, -0.2) is 8.78 Å². The van der Waals surface area contributed by atoms with Crippen molar-refractivity contribution in [1.29, 1.82) is 0 Å². The van der Waals surface area contributed by atoms with Gasteiger partial charge in [0.25, 0.3) is 0 Å². The molecule has 0 radical (unpaired) electrons. The first kappa shape index (κ1) is 15.5. The molecule has 1 fully saturated rings. The second-order valence-corrected chi connectivity index (χ2v) is 5.71. The maximum atomic E-state index is 13.8. The largest absolute Gasteiger partial charge is 0.376 e. The smallest absolute Gasteiger partial charge is 0.242 e. The minimum absolute atomic E-state index is 0.0833. The van der Waals surface area contributed by atoms with Crippen LogP contribution in [0.3, 0.4) is 0 Å². The molecule has 0 aliphatic heterocycles. The van der Waals surface area contributed by atoms with Crippen LogP contribution >= 0.6 is 0 Å². The molecule has 1 saturated carbocycles. The highest BCUT2D eigenvalue weighted by molar-refractivity contribution is 5.81. The van der Waals surface area contributed by atoms with Crippen molar-refractivity contribution >= 4 is 11.6 Å². The number of carbonyl (C=O) groups is 1. The SMILES string of the molecule is O=C(CNc1ccccc1)N(Cc1ccc(F)cc1F)C1CC1. The second-order valence-electron chi connectivity index (χ2n) is 5.71. The van der Waals surface area contributed by atoms with Crippen molar-refractivity contribution in [2.75, 3.05) is 11.9 Å². The monoisotopic (exact) mass is 316 g/mol. The third-order valence-corrected chi connectivity index (χ3v) is 3.88. The van der Waals surface area contributed by atoms with Gasteiger partial charge in [-0.15, -0.1) is 0 Å². The van der Waals surface area contributed by atoms with Crippen LogP contribution in [0, 0.1) is 11.6 Å². The van der Waals surface area contributed by atoms with Crippen LogP contribution in [0.5, 0.6) is 0 Å². The number of para-hydroxylation sites is 1. The molecule has 0 unspecified atom stereocenters. The number of rotatable bonds is 6. The van der Waals surface area contributed by atoms with E-state index < -0.39 is 11.6 Å². The summed E-state index contributed by atoms with van der Waals surface area (Å²) in [5.41, 5.74) is 1.20. The van der Waals surface area contributed by atoms with E-state index >= 15 is 0 Å². The van der Waals surface area contributed by atoms with Crippen molar-refractivity contribution in [2.24, 2.45) is 0 Å². The van der Waals surface area contributed by atoms with Crippen LogP contribution in [-0.4, -0.2) is 23.4 Å². The van der Waals surface area contributed by atoms with E-state index in [0.29, 0.717) is 5.56 Å². The van der Waals surface area contributed by atoms with Crippen LogP contribution in [0.25, 0.3) is 0 Å². The Morgan fingerprint density at radius 1 is 1.13 bits per heavy atom. The molecule has 120 valence electrons. The fourth-order valence-corrected chi connectivity index (χ4v) is 2.48. The minimum atomic E-state index is -0.612. The molecule has 0 spiro atoms. The predicted octanol–water partition coefficient (Wildman–Crippen LogP) is 3.57. The summed E-state index contributed by atoms with van der Waals surface area (Å²) in [6.07, 6.45) is 1.86. The minimum Gasteiger partial charge on any atom is -0.376 e. The van der Waals surface area contributed by atoms with Gasteiger partial charge in [-0.2, -0.15) is 0 Å². The summed E-state index contributed by atoms with van der Waals surface area (Å²) in [4.78, 5) is 14.1. The van der Waals surface area contributed by atoms with Crippen molar-refractivity contribution in [3.63, 3.8) is 0 Å². The number of hydrogen-bond donors (Lipinski definition) is 1. The molecule has 0 bridgehead atoms. The first-order valence-electron chi connectivity index (χ1n) is 7.66. The van der Waals surface area contributed by atoms with Crippen molar-refractivity contribution in [2.45, 2.75) is 25.4 Å². The average Bonchev–Trinajstić information content (AvgIpc) is 3.38. The zero-order valence-corrected chi connectivity index (χ0v) is 12.6. The Balaban J connectivity index is 1.65. The van der Waals surface area contributed by atoms with Crippen LogP contribution in [0.1, 0.15) is 18.4 Å². The summed E-state index contributed by atoms with van der Waals surface area (Å²) < 4.78 is 26.8. The summed E-state index contributed by atoms with van der Waals surface area (Å²) in [6, 6.07) is 13.1. The van der Waals surface area contributed by atoms with Crippen LogP contribution in [0.4, 0.5) is 14.5 Å². The topological polar surface area (TPSA) is 32.3 Å². The zero-order chi connectivity index (χ0) is 16.2. The van der Waals surface area contributed by atoms with Gasteiger partial charge in [-0.3, -0.25) is 4.79 Å². The first-order valence-corrected chi connectivity index (χ1v) is 7.66. The summed E-state index contributed by atoms with van der Waals surface area (Å²) in [5.74, 6) is -1.30. The molecular formula is C18H18F2N2O. The molecule has 23 heavy (non-hydrogen) atoms. The second kappa shape index (κ2) is 6.77. The first-order chi connectivity index (χ1) is 11.1. The molecule has 2 aromatic rings. The van der Waals surface area contributed by atoms with Crippen LogP contribution in [-0.2, 0) is 11.3 Å². The van der Waals surface area contributed by atoms with Gasteiger partial charge >= 0.3 is 0 Å². The van der Waals surface area contributed by atoms with Crippen molar-refractivity contribution in [3.8, 4) is 0 Å². The van der Waals surface area contributed by atoms with Gasteiger partial charge in [0.2, 0.25) is 5.91 Å². The fourth-order valence-electron chi connectivity index (χ4n) is 2.48. The van der Waals surface area contributed by atoms with E-state index in [-0.39, 0.29) is 25.0 Å². The number of carbonyl (C=O) groups excluding carboxylic acids is 1. The summed E-state index contributed by atoms with van der Waals surface area (Å²) >= 11 is 0. The number of nitrogens with zero attached hydrogens (tertiary/aromatic N) is 1. The van der Waals surface area contributed by atoms with E-state index in [1.165, 1.54) is 12.1 Å². The highest BCUT2D eigenvalue weighted by Gasteiger charge is 2.32. The van der Waals surface area contributed by atoms with E-state index in [1.54, 1.807) is 4.90 Å². The Morgan fingerprint density at radius 3 is 2.52 bits per heavy atom. The molecule has 1 aliphatic carbocycles. The van der Waals surface area contributed by atoms with Crippen molar-refractivity contribution in [1.82, 2.24) is 4.90 Å². The molecule has 1 amide bonds. The number of nitrogens with one attached hydrogen (secondary N) is 1. The number of amides is 1. The molecule has 0 saturated heterocycles. The fraction of sp³-hybridized carbons (Fsp3) is 0.278. The lowest BCUT2D eigenvalue weighted by Crippen LogP contribution is -2.37. The molecule has 0 atom stereocenters. The van der Waals surface area contributed by atoms with Gasteiger partial charge in [0, 0.05) is 29.9 Å². The van der Waals surface area contributed by atoms with Gasteiger partial charge in [-0.1, -0.05) is 24.3 Å². The van der Waals surface area contributed by atoms with Crippen molar-refractivity contribution in [3.05, 3.63) is 65.7 Å². The van der Waals surface area contributed by atoms with Gasteiger partial charge in [-0.05, 0) is 31.0 Å². The van der Waals surface area contributed by atoms with E-state index in [1.807, 2.05) is 30.3 Å². The number of halogens is 2. The van der Waals surface area contributed by atoms with Gasteiger partial charge in [0.05, 0.1) is 6.54 Å². The molecule has 1 N–H and O–H groups in total. The zero-order valence-electron chi connectivity index (χ0n) is 12.6. The summed E-state index contributed by atoms with van der Waals surface area (Å²) in [7, 11) is 0. The number of anilines is 1. The molecule has 1 aliphatic rings. The van der Waals surface area contributed by atoms with Crippen LogP contribution in [0.2, 0.25) is 0 Å². The third kappa shape index (κ3) is 4.06. The lowest BCUT2D eigenvalue weighted by atomic mass is 10.2. The Bertz CT molecular complexity index is 687. The van der Waals surface area contributed by atoms with E-state index in [0.717, 1.165) is 24.6 Å². The van der Waals surface area contributed by atoms with E-state index in [4.69, 9.17) is 0 Å². The number of benzene rings is 2. The Labute approximate surface area is 133 Å². The van der Waals surface area contributed by atoms with Gasteiger partial charge in [0.15, 0.2) is 0 Å². The van der Waals surface area contributed by atoms with Gasteiger partial charge < -0.3 is 10.2 Å². The Morgan fingerprint density at radius 2 is 1.87 bits per heavy atom. The van der Waals surface area contributed by atoms with Crippen molar-refractivity contribution < 1.29 is 13.6 Å². The molecule has 0 aromatic heterocycles. The molecule has 2 aromatic carbocycles. The lowest BCUT2D eigenvalue weighted by molar-refractivity contribution is -0.130. The lowest BCUT2D eigenvalue weighted by Gasteiger charge is -2.23. The normalized spacial score (nSPS) is 13.7. The maximum absolute atomic E-state index is 13.8. The number of hydrogen-bond acceptors (Lipinski definition) is 2. The molecular weight excluding hydrogens is 298 g/mol. The molecule has 3 rings (SSSR count).